The fraction of sp³-hybridized carbons (Fsp3) is 0.833. The first-order chi connectivity index (χ1) is 8.56. The first kappa shape index (κ1) is 16.2. The van der Waals surface area contributed by atoms with E-state index < -0.39 is 6.04 Å². The minimum atomic E-state index is -0.435. The van der Waals surface area contributed by atoms with E-state index in [4.69, 9.17) is 5.73 Å². The number of halogens is 1. The van der Waals surface area contributed by atoms with Crippen LogP contribution in [0, 0.1) is 0 Å². The van der Waals surface area contributed by atoms with Gasteiger partial charge in [-0.05, 0) is 19.8 Å². The van der Waals surface area contributed by atoms with E-state index in [9.17, 15) is 9.59 Å². The Kier molecular flexibility index (Phi) is 6.03. The van der Waals surface area contributed by atoms with Crippen LogP contribution < -0.4 is 11.1 Å². The molecule has 1 unspecified atom stereocenters. The highest BCUT2D eigenvalue weighted by Gasteiger charge is 2.26. The first-order valence-corrected chi connectivity index (χ1v) is 6.62. The van der Waals surface area contributed by atoms with E-state index in [-0.39, 0.29) is 24.2 Å². The van der Waals surface area contributed by atoms with Crippen molar-refractivity contribution < 1.29 is 9.59 Å². The number of carbonyl (C=O) groups is 2. The lowest BCUT2D eigenvalue weighted by Crippen LogP contribution is -2.54. The van der Waals surface area contributed by atoms with E-state index in [1.807, 2.05) is 0 Å². The maximum absolute atomic E-state index is 11.7. The number of hydrogen-bond acceptors (Lipinski definition) is 4. The standard InChI is InChI=1S/C12H22N4O2.ClH/c1-9(13)12(18)16-6-4-15(5-7-16)8-11(17)14-10-2-3-10;/h9-10H,2-8,13H2,1H3,(H,14,17);1H. The SMILES string of the molecule is CC(N)C(=O)N1CCN(CC(=O)NC2CC2)CC1.Cl. The number of carbonyl (C=O) groups excluding carboxylic acids is 2. The molecule has 0 aromatic rings. The van der Waals surface area contributed by atoms with Crippen molar-refractivity contribution in [3.63, 3.8) is 0 Å². The molecule has 1 saturated carbocycles. The van der Waals surface area contributed by atoms with Crippen LogP contribution in [0.15, 0.2) is 0 Å². The fourth-order valence-electron chi connectivity index (χ4n) is 2.12. The molecule has 1 atom stereocenters. The normalized spacial score (nSPS) is 21.5. The molecule has 1 aliphatic heterocycles. The van der Waals surface area contributed by atoms with Gasteiger partial charge < -0.3 is 16.0 Å². The summed E-state index contributed by atoms with van der Waals surface area (Å²) in [5.74, 6) is 0.0987. The average molecular weight is 291 g/mol. The lowest BCUT2D eigenvalue weighted by Gasteiger charge is -2.35. The van der Waals surface area contributed by atoms with Gasteiger partial charge in [0.1, 0.15) is 0 Å². The van der Waals surface area contributed by atoms with Crippen LogP contribution in [0.1, 0.15) is 19.8 Å². The number of rotatable bonds is 4. The van der Waals surface area contributed by atoms with Gasteiger partial charge in [0.15, 0.2) is 0 Å². The van der Waals surface area contributed by atoms with Gasteiger partial charge >= 0.3 is 0 Å². The Labute approximate surface area is 120 Å². The molecule has 2 aliphatic rings. The number of nitrogens with zero attached hydrogens (tertiary/aromatic N) is 2. The van der Waals surface area contributed by atoms with E-state index in [2.05, 4.69) is 10.2 Å². The molecule has 0 bridgehead atoms. The van der Waals surface area contributed by atoms with E-state index in [0.29, 0.717) is 25.7 Å². The third-order valence-corrected chi connectivity index (χ3v) is 3.38. The smallest absolute Gasteiger partial charge is 0.239 e. The van der Waals surface area contributed by atoms with Crippen molar-refractivity contribution in [3.8, 4) is 0 Å². The van der Waals surface area contributed by atoms with Crippen molar-refractivity contribution >= 4 is 24.2 Å². The molecule has 0 radical (unpaired) electrons. The molecule has 2 fully saturated rings. The van der Waals surface area contributed by atoms with Crippen molar-refractivity contribution in [2.45, 2.75) is 31.8 Å². The summed E-state index contributed by atoms with van der Waals surface area (Å²) in [5.41, 5.74) is 5.57. The van der Waals surface area contributed by atoms with Crippen molar-refractivity contribution in [1.82, 2.24) is 15.1 Å². The van der Waals surface area contributed by atoms with E-state index >= 15 is 0 Å². The second-order valence-electron chi connectivity index (χ2n) is 5.23. The number of amides is 2. The zero-order valence-electron chi connectivity index (χ0n) is 11.3. The molecule has 110 valence electrons. The Morgan fingerprint density at radius 1 is 1.26 bits per heavy atom. The van der Waals surface area contributed by atoms with Gasteiger partial charge in [-0.2, -0.15) is 0 Å². The summed E-state index contributed by atoms with van der Waals surface area (Å²) in [4.78, 5) is 27.2. The Morgan fingerprint density at radius 2 is 1.84 bits per heavy atom. The van der Waals surface area contributed by atoms with Crippen molar-refractivity contribution in [2.75, 3.05) is 32.7 Å². The van der Waals surface area contributed by atoms with Crippen LogP contribution >= 0.6 is 12.4 Å². The van der Waals surface area contributed by atoms with Gasteiger partial charge in [-0.25, -0.2) is 0 Å². The predicted octanol–water partition coefficient (Wildman–Crippen LogP) is -0.822. The summed E-state index contributed by atoms with van der Waals surface area (Å²) in [6, 6.07) is -0.0202. The number of hydrogen-bond donors (Lipinski definition) is 2. The Hall–Kier alpha value is -0.850. The fourth-order valence-corrected chi connectivity index (χ4v) is 2.12. The van der Waals surface area contributed by atoms with Crippen LogP contribution in [0.3, 0.4) is 0 Å². The minimum absolute atomic E-state index is 0. The quantitative estimate of drug-likeness (QED) is 0.709. The number of nitrogens with two attached hydrogens (primary N) is 1. The topological polar surface area (TPSA) is 78.7 Å². The molecule has 2 rings (SSSR count). The molecule has 2 amide bonds. The molecule has 7 heteroatoms. The highest BCUT2D eigenvalue weighted by atomic mass is 35.5. The average Bonchev–Trinajstić information content (AvgIpc) is 3.12. The molecular weight excluding hydrogens is 268 g/mol. The summed E-state index contributed by atoms with van der Waals surface area (Å²) in [5, 5.41) is 2.97. The van der Waals surface area contributed by atoms with Gasteiger partial charge in [-0.3, -0.25) is 14.5 Å². The van der Waals surface area contributed by atoms with Gasteiger partial charge in [0.25, 0.3) is 0 Å². The van der Waals surface area contributed by atoms with Gasteiger partial charge in [0.2, 0.25) is 11.8 Å². The van der Waals surface area contributed by atoms with Crippen LogP contribution in [0.5, 0.6) is 0 Å². The van der Waals surface area contributed by atoms with Crippen molar-refractivity contribution in [3.05, 3.63) is 0 Å². The third kappa shape index (κ3) is 4.97. The van der Waals surface area contributed by atoms with Crippen LogP contribution in [0.2, 0.25) is 0 Å². The highest BCUT2D eigenvalue weighted by molar-refractivity contribution is 5.85. The zero-order valence-corrected chi connectivity index (χ0v) is 12.1. The van der Waals surface area contributed by atoms with Gasteiger partial charge in [0.05, 0.1) is 12.6 Å². The van der Waals surface area contributed by atoms with Crippen LogP contribution in [-0.4, -0.2) is 66.4 Å². The van der Waals surface area contributed by atoms with Crippen LogP contribution in [0.25, 0.3) is 0 Å². The van der Waals surface area contributed by atoms with Crippen LogP contribution in [-0.2, 0) is 9.59 Å². The molecular formula is C12H23ClN4O2. The number of piperazine rings is 1. The molecule has 1 aliphatic carbocycles. The molecule has 3 N–H and O–H groups in total. The second-order valence-corrected chi connectivity index (χ2v) is 5.23. The summed E-state index contributed by atoms with van der Waals surface area (Å²) in [6.45, 7) is 4.97. The zero-order chi connectivity index (χ0) is 13.1. The minimum Gasteiger partial charge on any atom is -0.352 e. The molecule has 0 spiro atoms. The summed E-state index contributed by atoms with van der Waals surface area (Å²) >= 11 is 0. The monoisotopic (exact) mass is 290 g/mol. The Balaban J connectivity index is 0.00000180. The summed E-state index contributed by atoms with van der Waals surface area (Å²) < 4.78 is 0. The maximum atomic E-state index is 11.7. The van der Waals surface area contributed by atoms with Gasteiger partial charge in [-0.15, -0.1) is 12.4 Å². The molecule has 0 aromatic heterocycles. The van der Waals surface area contributed by atoms with E-state index in [1.54, 1.807) is 11.8 Å². The largest absolute Gasteiger partial charge is 0.352 e. The molecule has 1 saturated heterocycles. The predicted molar refractivity (Wildman–Crippen MR) is 75.1 cm³/mol. The molecule has 1 heterocycles. The summed E-state index contributed by atoms with van der Waals surface area (Å²) in [7, 11) is 0. The highest BCUT2D eigenvalue weighted by Crippen LogP contribution is 2.18. The summed E-state index contributed by atoms with van der Waals surface area (Å²) in [6.07, 6.45) is 2.23. The second kappa shape index (κ2) is 7.07. The molecule has 0 aromatic carbocycles. The van der Waals surface area contributed by atoms with Gasteiger partial charge in [-0.1, -0.05) is 0 Å². The van der Waals surface area contributed by atoms with E-state index in [0.717, 1.165) is 25.9 Å². The van der Waals surface area contributed by atoms with Gasteiger partial charge in [0, 0.05) is 32.2 Å². The van der Waals surface area contributed by atoms with Crippen molar-refractivity contribution in [2.24, 2.45) is 5.73 Å². The first-order valence-electron chi connectivity index (χ1n) is 6.62. The Bertz CT molecular complexity index is 326. The molecule has 19 heavy (non-hydrogen) atoms. The Morgan fingerprint density at radius 3 is 2.32 bits per heavy atom. The maximum Gasteiger partial charge on any atom is 0.239 e. The van der Waals surface area contributed by atoms with E-state index in [1.165, 1.54) is 0 Å². The van der Waals surface area contributed by atoms with Crippen LogP contribution in [0.4, 0.5) is 0 Å². The molecule has 6 nitrogen and oxygen atoms in total. The lowest BCUT2D eigenvalue weighted by atomic mass is 10.2. The third-order valence-electron chi connectivity index (χ3n) is 3.38. The lowest BCUT2D eigenvalue weighted by molar-refractivity contribution is -0.134. The number of nitrogens with one attached hydrogen (secondary N) is 1. The van der Waals surface area contributed by atoms with Crippen molar-refractivity contribution in [1.29, 1.82) is 0 Å².